The Morgan fingerprint density at radius 2 is 1.41 bits per heavy atom. The molecule has 1 nitrogen and oxygen atoms in total. The third-order valence-corrected chi connectivity index (χ3v) is 4.78. The maximum absolute atomic E-state index is 5.99. The van der Waals surface area contributed by atoms with Crippen LogP contribution in [0.3, 0.4) is 0 Å². The molecule has 1 heteroatoms. The van der Waals surface area contributed by atoms with Gasteiger partial charge in [0, 0.05) is 11.1 Å². The molecular formula is C21H19N. The SMILES string of the molecule is CC1(C)c2ccccc2-c2cccc(-c3cccc(N)c3)c21. The smallest absolute Gasteiger partial charge is 0.0320 e. The lowest BCUT2D eigenvalue weighted by Crippen LogP contribution is -2.16. The second kappa shape index (κ2) is 4.48. The van der Waals surface area contributed by atoms with Gasteiger partial charge in [-0.1, -0.05) is 68.4 Å². The third-order valence-electron chi connectivity index (χ3n) is 4.78. The summed E-state index contributed by atoms with van der Waals surface area (Å²) in [7, 11) is 0. The molecule has 3 aromatic rings. The van der Waals surface area contributed by atoms with Gasteiger partial charge in [-0.3, -0.25) is 0 Å². The average Bonchev–Trinajstić information content (AvgIpc) is 2.76. The lowest BCUT2D eigenvalue weighted by Gasteiger charge is -2.24. The minimum absolute atomic E-state index is 0.00707. The van der Waals surface area contributed by atoms with Crippen LogP contribution in [0.4, 0.5) is 5.69 Å². The maximum atomic E-state index is 5.99. The van der Waals surface area contributed by atoms with E-state index in [2.05, 4.69) is 68.4 Å². The molecule has 0 heterocycles. The number of benzene rings is 3. The molecule has 0 aromatic heterocycles. The number of rotatable bonds is 1. The topological polar surface area (TPSA) is 26.0 Å². The Bertz CT molecular complexity index is 875. The van der Waals surface area contributed by atoms with Crippen LogP contribution in [0, 0.1) is 0 Å². The minimum atomic E-state index is 0.00707. The zero-order valence-corrected chi connectivity index (χ0v) is 12.9. The van der Waals surface area contributed by atoms with E-state index < -0.39 is 0 Å². The highest BCUT2D eigenvalue weighted by molar-refractivity contribution is 5.88. The van der Waals surface area contributed by atoms with Crippen molar-refractivity contribution in [2.75, 3.05) is 5.73 Å². The second-order valence-electron chi connectivity index (χ2n) is 6.52. The molecule has 108 valence electrons. The van der Waals surface area contributed by atoms with Crippen molar-refractivity contribution < 1.29 is 0 Å². The van der Waals surface area contributed by atoms with Crippen molar-refractivity contribution in [3.05, 3.63) is 77.9 Å². The predicted octanol–water partition coefficient (Wildman–Crippen LogP) is 5.24. The van der Waals surface area contributed by atoms with Crippen LogP contribution >= 0.6 is 0 Å². The summed E-state index contributed by atoms with van der Waals surface area (Å²) in [5.74, 6) is 0. The average molecular weight is 285 g/mol. The first-order valence-corrected chi connectivity index (χ1v) is 7.68. The van der Waals surface area contributed by atoms with Crippen LogP contribution in [0.1, 0.15) is 25.0 Å². The highest BCUT2D eigenvalue weighted by atomic mass is 14.5. The maximum Gasteiger partial charge on any atom is 0.0320 e. The largest absolute Gasteiger partial charge is 0.399 e. The minimum Gasteiger partial charge on any atom is -0.399 e. The van der Waals surface area contributed by atoms with E-state index in [1.807, 2.05) is 12.1 Å². The van der Waals surface area contributed by atoms with E-state index in [1.165, 1.54) is 33.4 Å². The van der Waals surface area contributed by atoms with E-state index in [-0.39, 0.29) is 5.41 Å². The number of hydrogen-bond donors (Lipinski definition) is 1. The van der Waals surface area contributed by atoms with Crippen LogP contribution in [0.5, 0.6) is 0 Å². The molecule has 0 bridgehead atoms. The van der Waals surface area contributed by atoms with Crippen LogP contribution < -0.4 is 5.73 Å². The zero-order valence-electron chi connectivity index (χ0n) is 12.9. The van der Waals surface area contributed by atoms with Gasteiger partial charge in [0.1, 0.15) is 0 Å². The van der Waals surface area contributed by atoms with Crippen LogP contribution in [-0.4, -0.2) is 0 Å². The summed E-state index contributed by atoms with van der Waals surface area (Å²) in [5.41, 5.74) is 14.8. The molecule has 0 atom stereocenters. The van der Waals surface area contributed by atoms with Crippen molar-refractivity contribution in [1.82, 2.24) is 0 Å². The fourth-order valence-corrected chi connectivity index (χ4v) is 3.79. The first kappa shape index (κ1) is 13.1. The Morgan fingerprint density at radius 3 is 2.23 bits per heavy atom. The molecule has 2 N–H and O–H groups in total. The van der Waals surface area contributed by atoms with E-state index in [9.17, 15) is 0 Å². The van der Waals surface area contributed by atoms with E-state index >= 15 is 0 Å². The van der Waals surface area contributed by atoms with Crippen LogP contribution in [0.2, 0.25) is 0 Å². The molecule has 3 aromatic carbocycles. The summed E-state index contributed by atoms with van der Waals surface area (Å²) in [4.78, 5) is 0. The van der Waals surface area contributed by atoms with Gasteiger partial charge in [-0.2, -0.15) is 0 Å². The van der Waals surface area contributed by atoms with E-state index in [4.69, 9.17) is 5.73 Å². The van der Waals surface area contributed by atoms with Crippen molar-refractivity contribution in [3.8, 4) is 22.3 Å². The number of nitrogen functional groups attached to an aromatic ring is 1. The molecule has 4 rings (SSSR count). The molecule has 0 unspecified atom stereocenters. The van der Waals surface area contributed by atoms with Gasteiger partial charge >= 0.3 is 0 Å². The molecular weight excluding hydrogens is 266 g/mol. The van der Waals surface area contributed by atoms with Gasteiger partial charge in [-0.25, -0.2) is 0 Å². The van der Waals surface area contributed by atoms with Crippen molar-refractivity contribution in [3.63, 3.8) is 0 Å². The number of fused-ring (bicyclic) bond motifs is 3. The molecule has 22 heavy (non-hydrogen) atoms. The monoisotopic (exact) mass is 285 g/mol. The van der Waals surface area contributed by atoms with Crippen molar-refractivity contribution in [2.24, 2.45) is 0 Å². The summed E-state index contributed by atoms with van der Waals surface area (Å²) >= 11 is 0. The van der Waals surface area contributed by atoms with Crippen molar-refractivity contribution in [1.29, 1.82) is 0 Å². The zero-order chi connectivity index (χ0) is 15.3. The van der Waals surface area contributed by atoms with Crippen molar-refractivity contribution >= 4 is 5.69 Å². The Hall–Kier alpha value is -2.54. The first-order valence-electron chi connectivity index (χ1n) is 7.68. The van der Waals surface area contributed by atoms with Crippen LogP contribution in [0.15, 0.2) is 66.7 Å². The summed E-state index contributed by atoms with van der Waals surface area (Å²) in [5, 5.41) is 0. The fourth-order valence-electron chi connectivity index (χ4n) is 3.79. The van der Waals surface area contributed by atoms with Gasteiger partial charge < -0.3 is 5.73 Å². The van der Waals surface area contributed by atoms with Gasteiger partial charge in [0.25, 0.3) is 0 Å². The molecule has 1 aliphatic carbocycles. The third kappa shape index (κ3) is 1.72. The van der Waals surface area contributed by atoms with Gasteiger partial charge in [0.15, 0.2) is 0 Å². The Kier molecular flexibility index (Phi) is 2.67. The predicted molar refractivity (Wildman–Crippen MR) is 93.9 cm³/mol. The summed E-state index contributed by atoms with van der Waals surface area (Å²) in [6, 6.07) is 23.5. The first-order chi connectivity index (χ1) is 10.6. The summed E-state index contributed by atoms with van der Waals surface area (Å²) in [6.45, 7) is 4.63. The molecule has 0 aliphatic heterocycles. The van der Waals surface area contributed by atoms with Crippen LogP contribution in [-0.2, 0) is 5.41 Å². The summed E-state index contributed by atoms with van der Waals surface area (Å²) in [6.07, 6.45) is 0. The normalized spacial score (nSPS) is 14.5. The van der Waals surface area contributed by atoms with Crippen LogP contribution in [0.25, 0.3) is 22.3 Å². The van der Waals surface area contributed by atoms with Crippen molar-refractivity contribution in [2.45, 2.75) is 19.3 Å². The van der Waals surface area contributed by atoms with E-state index in [0.29, 0.717) is 0 Å². The second-order valence-corrected chi connectivity index (χ2v) is 6.52. The number of hydrogen-bond acceptors (Lipinski definition) is 1. The van der Waals surface area contributed by atoms with Gasteiger partial charge in [0.05, 0.1) is 0 Å². The molecule has 0 radical (unpaired) electrons. The molecule has 0 saturated heterocycles. The fraction of sp³-hybridized carbons (Fsp3) is 0.143. The Labute approximate surface area is 131 Å². The number of anilines is 1. The Morgan fingerprint density at radius 1 is 0.727 bits per heavy atom. The van der Waals surface area contributed by atoms with Gasteiger partial charge in [-0.05, 0) is 45.5 Å². The Balaban J connectivity index is 2.04. The lowest BCUT2D eigenvalue weighted by atomic mass is 9.79. The van der Waals surface area contributed by atoms with E-state index in [0.717, 1.165) is 5.69 Å². The quantitative estimate of drug-likeness (QED) is 0.608. The van der Waals surface area contributed by atoms with E-state index in [1.54, 1.807) is 0 Å². The standard InChI is InChI=1S/C21H19N/c1-21(2)19-12-4-3-9-17(19)18-11-6-10-16(20(18)21)14-7-5-8-15(22)13-14/h3-13H,22H2,1-2H3. The summed E-state index contributed by atoms with van der Waals surface area (Å²) < 4.78 is 0. The highest BCUT2D eigenvalue weighted by Crippen LogP contribution is 2.51. The molecule has 1 aliphatic rings. The molecule has 0 fully saturated rings. The molecule has 0 spiro atoms. The van der Waals surface area contributed by atoms with Gasteiger partial charge in [-0.15, -0.1) is 0 Å². The highest BCUT2D eigenvalue weighted by Gasteiger charge is 2.37. The molecule has 0 saturated carbocycles. The van der Waals surface area contributed by atoms with Gasteiger partial charge in [0.2, 0.25) is 0 Å². The lowest BCUT2D eigenvalue weighted by molar-refractivity contribution is 0.662. The molecule has 0 amide bonds. The number of nitrogens with two attached hydrogens (primary N) is 1.